The van der Waals surface area contributed by atoms with Gasteiger partial charge in [0.05, 0.1) is 18.4 Å². The Balaban J connectivity index is 2.03. The Labute approximate surface area is 135 Å². The Morgan fingerprint density at radius 2 is 1.78 bits per heavy atom. The molecular weight excluding hydrogens is 294 g/mol. The fourth-order valence-electron chi connectivity index (χ4n) is 2.09. The lowest BCUT2D eigenvalue weighted by Crippen LogP contribution is -2.22. The standard InChI is InChI=1S/C18H19NO4/c1-12-7-6-10-16(13(12)2)23-11-17(20)19-15-9-5-4-8-14(15)18(21)22-3/h4-10H,11H2,1-3H3,(H,19,20). The lowest BCUT2D eigenvalue weighted by molar-refractivity contribution is -0.118. The van der Waals surface area contributed by atoms with Crippen LogP contribution in [0.1, 0.15) is 21.5 Å². The van der Waals surface area contributed by atoms with E-state index in [0.717, 1.165) is 11.1 Å². The molecule has 0 aliphatic heterocycles. The van der Waals surface area contributed by atoms with Gasteiger partial charge in [-0.1, -0.05) is 24.3 Å². The Bertz CT molecular complexity index is 725. The number of anilines is 1. The molecule has 0 radical (unpaired) electrons. The summed E-state index contributed by atoms with van der Waals surface area (Å²) in [6.45, 7) is 3.78. The first-order valence-corrected chi connectivity index (χ1v) is 7.19. The molecule has 0 saturated heterocycles. The van der Waals surface area contributed by atoms with Crippen LogP contribution in [0.15, 0.2) is 42.5 Å². The molecule has 2 rings (SSSR count). The van der Waals surface area contributed by atoms with Crippen LogP contribution in [0.4, 0.5) is 5.69 Å². The third-order valence-corrected chi connectivity index (χ3v) is 3.52. The highest BCUT2D eigenvalue weighted by atomic mass is 16.5. The molecule has 2 aromatic carbocycles. The Kier molecular flexibility index (Phi) is 5.36. The molecule has 0 bridgehead atoms. The first kappa shape index (κ1) is 16.5. The highest BCUT2D eigenvalue weighted by molar-refractivity contribution is 6.01. The van der Waals surface area contributed by atoms with Gasteiger partial charge < -0.3 is 14.8 Å². The van der Waals surface area contributed by atoms with Crippen LogP contribution >= 0.6 is 0 Å². The molecule has 0 aromatic heterocycles. The molecule has 0 spiro atoms. The largest absolute Gasteiger partial charge is 0.483 e. The van der Waals surface area contributed by atoms with Gasteiger partial charge in [0.2, 0.25) is 0 Å². The van der Waals surface area contributed by atoms with E-state index in [1.54, 1.807) is 24.3 Å². The molecule has 0 saturated carbocycles. The number of amides is 1. The zero-order valence-corrected chi connectivity index (χ0v) is 13.4. The van der Waals surface area contributed by atoms with Crippen LogP contribution in [0.25, 0.3) is 0 Å². The maximum Gasteiger partial charge on any atom is 0.339 e. The van der Waals surface area contributed by atoms with Crippen molar-refractivity contribution in [3.63, 3.8) is 0 Å². The van der Waals surface area contributed by atoms with E-state index in [9.17, 15) is 9.59 Å². The fourth-order valence-corrected chi connectivity index (χ4v) is 2.09. The predicted octanol–water partition coefficient (Wildman–Crippen LogP) is 3.11. The van der Waals surface area contributed by atoms with E-state index in [-0.39, 0.29) is 12.5 Å². The van der Waals surface area contributed by atoms with Gasteiger partial charge in [-0.3, -0.25) is 4.79 Å². The topological polar surface area (TPSA) is 64.6 Å². The van der Waals surface area contributed by atoms with Gasteiger partial charge in [-0.2, -0.15) is 0 Å². The molecule has 120 valence electrons. The predicted molar refractivity (Wildman–Crippen MR) is 87.8 cm³/mol. The van der Waals surface area contributed by atoms with Crippen molar-refractivity contribution >= 4 is 17.6 Å². The first-order chi connectivity index (χ1) is 11.0. The lowest BCUT2D eigenvalue weighted by Gasteiger charge is -2.12. The summed E-state index contributed by atoms with van der Waals surface area (Å²) < 4.78 is 10.2. The summed E-state index contributed by atoms with van der Waals surface area (Å²) >= 11 is 0. The van der Waals surface area contributed by atoms with Crippen LogP contribution in [-0.2, 0) is 9.53 Å². The number of ether oxygens (including phenoxy) is 2. The molecule has 0 aliphatic carbocycles. The number of carbonyl (C=O) groups excluding carboxylic acids is 2. The number of methoxy groups -OCH3 is 1. The van der Waals surface area contributed by atoms with Crippen molar-refractivity contribution in [3.8, 4) is 5.75 Å². The zero-order chi connectivity index (χ0) is 16.8. The molecule has 5 nitrogen and oxygen atoms in total. The van der Waals surface area contributed by atoms with E-state index in [1.165, 1.54) is 7.11 Å². The molecule has 1 N–H and O–H groups in total. The Hall–Kier alpha value is -2.82. The van der Waals surface area contributed by atoms with Gasteiger partial charge in [0, 0.05) is 0 Å². The third kappa shape index (κ3) is 4.10. The summed E-state index contributed by atoms with van der Waals surface area (Å²) in [6, 6.07) is 12.3. The fraction of sp³-hybridized carbons (Fsp3) is 0.222. The second kappa shape index (κ2) is 7.45. The third-order valence-electron chi connectivity index (χ3n) is 3.52. The quantitative estimate of drug-likeness (QED) is 0.861. The summed E-state index contributed by atoms with van der Waals surface area (Å²) in [7, 11) is 1.30. The SMILES string of the molecule is COC(=O)c1ccccc1NC(=O)COc1cccc(C)c1C. The van der Waals surface area contributed by atoms with Crippen molar-refractivity contribution in [2.24, 2.45) is 0 Å². The van der Waals surface area contributed by atoms with Crippen LogP contribution in [0.5, 0.6) is 5.75 Å². The van der Waals surface area contributed by atoms with Crippen molar-refractivity contribution in [1.29, 1.82) is 0 Å². The summed E-state index contributed by atoms with van der Waals surface area (Å²) in [5, 5.41) is 2.67. The van der Waals surface area contributed by atoms with Crippen molar-refractivity contribution in [3.05, 3.63) is 59.2 Å². The summed E-state index contributed by atoms with van der Waals surface area (Å²) in [5.74, 6) is -0.181. The smallest absolute Gasteiger partial charge is 0.339 e. The molecule has 0 heterocycles. The van der Waals surface area contributed by atoms with Gasteiger partial charge in [0.15, 0.2) is 6.61 Å². The maximum absolute atomic E-state index is 12.1. The van der Waals surface area contributed by atoms with Gasteiger partial charge in [-0.15, -0.1) is 0 Å². The Morgan fingerprint density at radius 1 is 1.04 bits per heavy atom. The van der Waals surface area contributed by atoms with E-state index in [1.807, 2.05) is 32.0 Å². The minimum absolute atomic E-state index is 0.139. The van der Waals surface area contributed by atoms with Crippen LogP contribution in [0, 0.1) is 13.8 Å². The average molecular weight is 313 g/mol. The number of aryl methyl sites for hydroxylation is 1. The molecule has 0 atom stereocenters. The summed E-state index contributed by atoms with van der Waals surface area (Å²) in [6.07, 6.45) is 0. The lowest BCUT2D eigenvalue weighted by atomic mass is 10.1. The number of nitrogens with one attached hydrogen (secondary N) is 1. The summed E-state index contributed by atoms with van der Waals surface area (Å²) in [4.78, 5) is 23.7. The molecule has 23 heavy (non-hydrogen) atoms. The maximum atomic E-state index is 12.1. The van der Waals surface area contributed by atoms with Crippen molar-refractivity contribution < 1.29 is 19.1 Å². The van der Waals surface area contributed by atoms with Gasteiger partial charge >= 0.3 is 5.97 Å². The van der Waals surface area contributed by atoms with E-state index < -0.39 is 5.97 Å². The zero-order valence-electron chi connectivity index (χ0n) is 13.4. The number of esters is 1. The minimum atomic E-state index is -0.503. The molecule has 2 aromatic rings. The summed E-state index contributed by atoms with van der Waals surface area (Å²) in [5.41, 5.74) is 2.79. The second-order valence-corrected chi connectivity index (χ2v) is 5.07. The van der Waals surface area contributed by atoms with Crippen LogP contribution in [0.2, 0.25) is 0 Å². The van der Waals surface area contributed by atoms with Crippen molar-refractivity contribution in [2.75, 3.05) is 19.0 Å². The van der Waals surface area contributed by atoms with Crippen LogP contribution in [-0.4, -0.2) is 25.6 Å². The Morgan fingerprint density at radius 3 is 2.52 bits per heavy atom. The highest BCUT2D eigenvalue weighted by Crippen LogP contribution is 2.21. The van der Waals surface area contributed by atoms with E-state index >= 15 is 0 Å². The normalized spacial score (nSPS) is 10.0. The molecule has 5 heteroatoms. The van der Waals surface area contributed by atoms with Crippen LogP contribution in [0.3, 0.4) is 0 Å². The monoisotopic (exact) mass is 313 g/mol. The van der Waals surface area contributed by atoms with Gasteiger partial charge in [-0.25, -0.2) is 4.79 Å². The molecular formula is C18H19NO4. The number of benzene rings is 2. The van der Waals surface area contributed by atoms with E-state index in [0.29, 0.717) is 17.0 Å². The molecule has 1 amide bonds. The van der Waals surface area contributed by atoms with Crippen molar-refractivity contribution in [2.45, 2.75) is 13.8 Å². The van der Waals surface area contributed by atoms with Gasteiger partial charge in [-0.05, 0) is 43.2 Å². The van der Waals surface area contributed by atoms with E-state index in [4.69, 9.17) is 9.47 Å². The number of rotatable bonds is 5. The van der Waals surface area contributed by atoms with Gasteiger partial charge in [0.1, 0.15) is 5.75 Å². The number of carbonyl (C=O) groups is 2. The number of hydrogen-bond donors (Lipinski definition) is 1. The van der Waals surface area contributed by atoms with E-state index in [2.05, 4.69) is 5.32 Å². The van der Waals surface area contributed by atoms with Gasteiger partial charge in [0.25, 0.3) is 5.91 Å². The van der Waals surface area contributed by atoms with Crippen molar-refractivity contribution in [1.82, 2.24) is 0 Å². The first-order valence-electron chi connectivity index (χ1n) is 7.19. The van der Waals surface area contributed by atoms with Crippen LogP contribution < -0.4 is 10.1 Å². The number of hydrogen-bond acceptors (Lipinski definition) is 4. The minimum Gasteiger partial charge on any atom is -0.483 e. The molecule has 0 unspecified atom stereocenters. The molecule has 0 aliphatic rings. The number of para-hydroxylation sites is 1. The molecule has 0 fully saturated rings. The second-order valence-electron chi connectivity index (χ2n) is 5.07. The average Bonchev–Trinajstić information content (AvgIpc) is 2.56. The highest BCUT2D eigenvalue weighted by Gasteiger charge is 2.13.